The summed E-state index contributed by atoms with van der Waals surface area (Å²) in [6.45, 7) is 5.43. The van der Waals surface area contributed by atoms with E-state index in [1.807, 2.05) is 12.1 Å². The van der Waals surface area contributed by atoms with Gasteiger partial charge in [0.15, 0.2) is 5.13 Å². The van der Waals surface area contributed by atoms with E-state index >= 15 is 0 Å². The zero-order valence-electron chi connectivity index (χ0n) is 17.1. The number of thiazole rings is 1. The van der Waals surface area contributed by atoms with Crippen molar-refractivity contribution >= 4 is 38.5 Å². The minimum absolute atomic E-state index is 0.248. The first kappa shape index (κ1) is 20.7. The molecule has 0 bridgehead atoms. The number of nitrogens with one attached hydrogen (secondary N) is 1. The van der Waals surface area contributed by atoms with E-state index in [0.29, 0.717) is 16.6 Å². The minimum Gasteiger partial charge on any atom is -0.396 e. The van der Waals surface area contributed by atoms with E-state index in [9.17, 15) is 15.0 Å². The summed E-state index contributed by atoms with van der Waals surface area (Å²) in [6.07, 6.45) is 1.93. The molecular weight excluding hydrogens is 400 g/mol. The highest BCUT2D eigenvalue weighted by molar-refractivity contribution is 7.22. The molecule has 1 aliphatic heterocycles. The number of amides is 1. The maximum Gasteiger partial charge on any atom is 0.257 e. The van der Waals surface area contributed by atoms with Crippen molar-refractivity contribution in [1.29, 1.82) is 0 Å². The SMILES string of the molecule is CC(C)(O)c1ccc(C(=O)Nc2nc3ccc(N4CCC(CO)CC4)nc3s2)cc1. The molecule has 30 heavy (non-hydrogen) atoms. The first-order chi connectivity index (χ1) is 14.3. The lowest BCUT2D eigenvalue weighted by molar-refractivity contribution is 0.0785. The summed E-state index contributed by atoms with van der Waals surface area (Å²) in [6, 6.07) is 10.8. The number of benzene rings is 1. The molecule has 0 radical (unpaired) electrons. The van der Waals surface area contributed by atoms with Gasteiger partial charge in [-0.25, -0.2) is 9.97 Å². The normalized spacial score (nSPS) is 15.5. The number of rotatable bonds is 5. The number of aliphatic hydroxyl groups excluding tert-OH is 1. The van der Waals surface area contributed by atoms with Gasteiger partial charge < -0.3 is 15.1 Å². The molecule has 0 spiro atoms. The van der Waals surface area contributed by atoms with Gasteiger partial charge in [-0.1, -0.05) is 23.5 Å². The average molecular weight is 427 g/mol. The fourth-order valence-corrected chi connectivity index (χ4v) is 4.41. The van der Waals surface area contributed by atoms with Gasteiger partial charge in [0.2, 0.25) is 0 Å². The predicted molar refractivity (Wildman–Crippen MR) is 119 cm³/mol. The monoisotopic (exact) mass is 426 g/mol. The van der Waals surface area contributed by atoms with Crippen LogP contribution in [0, 0.1) is 5.92 Å². The molecule has 0 atom stereocenters. The molecule has 1 saturated heterocycles. The Balaban J connectivity index is 1.46. The summed E-state index contributed by atoms with van der Waals surface area (Å²) in [4.78, 5) is 24.8. The number of aromatic nitrogens is 2. The third-order valence-electron chi connectivity index (χ3n) is 5.51. The van der Waals surface area contributed by atoms with Crippen molar-refractivity contribution in [3.8, 4) is 0 Å². The first-order valence-electron chi connectivity index (χ1n) is 10.1. The van der Waals surface area contributed by atoms with Crippen molar-refractivity contribution in [3.63, 3.8) is 0 Å². The number of fused-ring (bicyclic) bond motifs is 1. The topological polar surface area (TPSA) is 98.6 Å². The van der Waals surface area contributed by atoms with Crippen molar-refractivity contribution in [2.24, 2.45) is 5.92 Å². The summed E-state index contributed by atoms with van der Waals surface area (Å²) in [5.74, 6) is 1.04. The number of hydrogen-bond donors (Lipinski definition) is 3. The molecule has 1 aliphatic rings. The minimum atomic E-state index is -0.946. The van der Waals surface area contributed by atoms with E-state index in [1.165, 1.54) is 11.3 Å². The van der Waals surface area contributed by atoms with E-state index in [0.717, 1.165) is 47.7 Å². The molecule has 3 N–H and O–H groups in total. The quantitative estimate of drug-likeness (QED) is 0.579. The summed E-state index contributed by atoms with van der Waals surface area (Å²) in [5.41, 5.74) is 1.06. The Morgan fingerprint density at radius 1 is 1.17 bits per heavy atom. The van der Waals surface area contributed by atoms with Crippen molar-refractivity contribution in [2.75, 3.05) is 29.9 Å². The lowest BCUT2D eigenvalue weighted by Gasteiger charge is -2.31. The number of hydrogen-bond acceptors (Lipinski definition) is 7. The highest BCUT2D eigenvalue weighted by Gasteiger charge is 2.20. The standard InChI is InChI=1S/C22H26N4O3S/c1-22(2,29)16-5-3-15(4-6-16)19(28)25-21-23-17-7-8-18(24-20(17)30-21)26-11-9-14(13-27)10-12-26/h3-8,14,27,29H,9-13H2,1-2H3,(H,23,25,28). The Morgan fingerprint density at radius 2 is 1.87 bits per heavy atom. The zero-order valence-corrected chi connectivity index (χ0v) is 17.9. The molecule has 158 valence electrons. The molecule has 4 rings (SSSR count). The maximum atomic E-state index is 12.6. The van der Waals surface area contributed by atoms with E-state index < -0.39 is 5.60 Å². The van der Waals surface area contributed by atoms with Crippen LogP contribution in [0.5, 0.6) is 0 Å². The molecule has 0 saturated carbocycles. The molecule has 3 heterocycles. The Morgan fingerprint density at radius 3 is 2.50 bits per heavy atom. The van der Waals surface area contributed by atoms with Crippen LogP contribution in [-0.4, -0.2) is 45.8 Å². The number of anilines is 2. The number of carbonyl (C=O) groups excluding carboxylic acids is 1. The number of aliphatic hydroxyl groups is 2. The lowest BCUT2D eigenvalue weighted by atomic mass is 9.97. The largest absolute Gasteiger partial charge is 0.396 e. The smallest absolute Gasteiger partial charge is 0.257 e. The summed E-state index contributed by atoms with van der Waals surface area (Å²) in [7, 11) is 0. The van der Waals surface area contributed by atoms with Crippen molar-refractivity contribution in [2.45, 2.75) is 32.3 Å². The summed E-state index contributed by atoms with van der Waals surface area (Å²) < 4.78 is 0. The second-order valence-electron chi connectivity index (χ2n) is 8.22. The van der Waals surface area contributed by atoms with Gasteiger partial charge in [0.1, 0.15) is 16.2 Å². The van der Waals surface area contributed by atoms with Crippen molar-refractivity contribution in [1.82, 2.24) is 9.97 Å². The van der Waals surface area contributed by atoms with Gasteiger partial charge in [-0.3, -0.25) is 10.1 Å². The van der Waals surface area contributed by atoms with E-state index in [4.69, 9.17) is 4.98 Å². The van der Waals surface area contributed by atoms with E-state index in [1.54, 1.807) is 38.1 Å². The van der Waals surface area contributed by atoms with Crippen LogP contribution in [0.25, 0.3) is 10.3 Å². The number of nitrogens with zero attached hydrogens (tertiary/aromatic N) is 3. The summed E-state index contributed by atoms with van der Waals surface area (Å²) in [5, 5.41) is 22.7. The number of carbonyl (C=O) groups is 1. The fourth-order valence-electron chi connectivity index (χ4n) is 3.58. The maximum absolute atomic E-state index is 12.6. The number of pyridine rings is 1. The van der Waals surface area contributed by atoms with Crippen LogP contribution in [0.1, 0.15) is 42.6 Å². The van der Waals surface area contributed by atoms with Crippen LogP contribution >= 0.6 is 11.3 Å². The molecule has 1 aromatic carbocycles. The van der Waals surface area contributed by atoms with Gasteiger partial charge in [0.05, 0.1) is 5.60 Å². The second kappa shape index (κ2) is 8.29. The molecular formula is C22H26N4O3S. The third kappa shape index (κ3) is 4.45. The molecule has 3 aromatic rings. The Labute approximate surface area is 179 Å². The van der Waals surface area contributed by atoms with Gasteiger partial charge in [0.25, 0.3) is 5.91 Å². The van der Waals surface area contributed by atoms with E-state index in [2.05, 4.69) is 15.2 Å². The highest BCUT2D eigenvalue weighted by atomic mass is 32.1. The van der Waals surface area contributed by atoms with E-state index in [-0.39, 0.29) is 12.5 Å². The molecule has 1 amide bonds. The average Bonchev–Trinajstić information content (AvgIpc) is 3.14. The Hall–Kier alpha value is -2.55. The molecule has 1 fully saturated rings. The van der Waals surface area contributed by atoms with Gasteiger partial charge in [-0.15, -0.1) is 0 Å². The van der Waals surface area contributed by atoms with Crippen LogP contribution in [0.15, 0.2) is 36.4 Å². The van der Waals surface area contributed by atoms with Gasteiger partial charge in [0, 0.05) is 25.3 Å². The molecule has 7 nitrogen and oxygen atoms in total. The zero-order chi connectivity index (χ0) is 21.3. The lowest BCUT2D eigenvalue weighted by Crippen LogP contribution is -2.35. The molecule has 0 unspecified atom stereocenters. The van der Waals surface area contributed by atoms with Crippen molar-refractivity contribution < 1.29 is 15.0 Å². The van der Waals surface area contributed by atoms with Gasteiger partial charge >= 0.3 is 0 Å². The Kier molecular flexibility index (Phi) is 5.73. The molecule has 0 aliphatic carbocycles. The Bertz CT molecular complexity index is 1030. The fraction of sp³-hybridized carbons (Fsp3) is 0.409. The van der Waals surface area contributed by atoms with Gasteiger partial charge in [-0.05, 0) is 62.4 Å². The van der Waals surface area contributed by atoms with Crippen LogP contribution in [0.4, 0.5) is 10.9 Å². The van der Waals surface area contributed by atoms with Gasteiger partial charge in [-0.2, -0.15) is 0 Å². The molecule has 2 aromatic heterocycles. The van der Waals surface area contributed by atoms with Crippen molar-refractivity contribution in [3.05, 3.63) is 47.5 Å². The van der Waals surface area contributed by atoms with Crippen LogP contribution < -0.4 is 10.2 Å². The second-order valence-corrected chi connectivity index (χ2v) is 9.19. The predicted octanol–water partition coefficient (Wildman–Crippen LogP) is 3.38. The van der Waals surface area contributed by atoms with Crippen LogP contribution in [0.2, 0.25) is 0 Å². The van der Waals surface area contributed by atoms with Crippen LogP contribution in [-0.2, 0) is 5.60 Å². The third-order valence-corrected chi connectivity index (χ3v) is 6.39. The van der Waals surface area contributed by atoms with Crippen LogP contribution in [0.3, 0.4) is 0 Å². The number of piperidine rings is 1. The highest BCUT2D eigenvalue weighted by Crippen LogP contribution is 2.29. The summed E-state index contributed by atoms with van der Waals surface area (Å²) >= 11 is 1.35. The first-order valence-corrected chi connectivity index (χ1v) is 10.9. The molecule has 8 heteroatoms.